The Bertz CT molecular complexity index is 1160. The van der Waals surface area contributed by atoms with Gasteiger partial charge < -0.3 is 15.0 Å². The van der Waals surface area contributed by atoms with Gasteiger partial charge in [0.25, 0.3) is 0 Å². The Morgan fingerprint density at radius 1 is 1.09 bits per heavy atom. The monoisotopic (exact) mass is 543 g/mol. The first-order valence-electron chi connectivity index (χ1n) is 11.0. The van der Waals surface area contributed by atoms with Crippen LogP contribution in [-0.4, -0.2) is 57.6 Å². The van der Waals surface area contributed by atoms with Crippen LogP contribution in [0.4, 0.5) is 5.69 Å². The van der Waals surface area contributed by atoms with Crippen LogP contribution in [-0.2, 0) is 26.2 Å². The number of carbonyl (C=O) groups is 2. The van der Waals surface area contributed by atoms with E-state index in [-0.39, 0.29) is 29.1 Å². The van der Waals surface area contributed by atoms with Crippen LogP contribution < -0.4 is 14.4 Å². The molecule has 0 aliphatic heterocycles. The van der Waals surface area contributed by atoms with E-state index in [9.17, 15) is 18.0 Å². The SMILES string of the molecule is COc1cccc(CN(C(=O)CN(c2ccc(Cl)cc2Cl)S(C)(=O)=O)[C@H](C)C(=O)NCC(C)C)c1. The minimum absolute atomic E-state index is 0.0677. The largest absolute Gasteiger partial charge is 0.497 e. The van der Waals surface area contributed by atoms with Gasteiger partial charge in [0.05, 0.1) is 24.1 Å². The van der Waals surface area contributed by atoms with Gasteiger partial charge in [0, 0.05) is 18.1 Å². The smallest absolute Gasteiger partial charge is 0.244 e. The molecule has 1 atom stereocenters. The average molecular weight is 545 g/mol. The first-order chi connectivity index (χ1) is 16.3. The molecule has 2 amide bonds. The van der Waals surface area contributed by atoms with Gasteiger partial charge in [-0.3, -0.25) is 13.9 Å². The highest BCUT2D eigenvalue weighted by atomic mass is 35.5. The maximum atomic E-state index is 13.5. The summed E-state index contributed by atoms with van der Waals surface area (Å²) in [5.74, 6) is -0.0965. The molecule has 0 saturated carbocycles. The first-order valence-corrected chi connectivity index (χ1v) is 13.6. The number of halogens is 2. The first kappa shape index (κ1) is 28.7. The van der Waals surface area contributed by atoms with Crippen molar-refractivity contribution in [1.82, 2.24) is 10.2 Å². The van der Waals surface area contributed by atoms with Crippen LogP contribution in [0.1, 0.15) is 26.3 Å². The lowest BCUT2D eigenvalue weighted by atomic mass is 10.1. The van der Waals surface area contributed by atoms with Crippen molar-refractivity contribution in [2.75, 3.05) is 30.8 Å². The van der Waals surface area contributed by atoms with Gasteiger partial charge in [-0.15, -0.1) is 0 Å². The fourth-order valence-corrected chi connectivity index (χ4v) is 4.70. The zero-order chi connectivity index (χ0) is 26.3. The van der Waals surface area contributed by atoms with Crippen LogP contribution in [0, 0.1) is 5.92 Å². The maximum Gasteiger partial charge on any atom is 0.244 e. The van der Waals surface area contributed by atoms with E-state index >= 15 is 0 Å². The topological polar surface area (TPSA) is 96.0 Å². The molecular formula is C24H31Cl2N3O5S. The highest BCUT2D eigenvalue weighted by molar-refractivity contribution is 7.92. The van der Waals surface area contributed by atoms with Crippen molar-refractivity contribution in [1.29, 1.82) is 0 Å². The summed E-state index contributed by atoms with van der Waals surface area (Å²) in [6.45, 7) is 5.49. The second kappa shape index (κ2) is 12.5. The molecule has 0 aliphatic carbocycles. The number of nitrogens with one attached hydrogen (secondary N) is 1. The molecule has 0 unspecified atom stereocenters. The van der Waals surface area contributed by atoms with E-state index in [1.165, 1.54) is 30.2 Å². The lowest BCUT2D eigenvalue weighted by Crippen LogP contribution is -2.51. The molecule has 35 heavy (non-hydrogen) atoms. The summed E-state index contributed by atoms with van der Waals surface area (Å²) in [5, 5.41) is 3.24. The second-order valence-electron chi connectivity index (χ2n) is 8.55. The van der Waals surface area contributed by atoms with Gasteiger partial charge in [-0.25, -0.2) is 8.42 Å². The number of amides is 2. The summed E-state index contributed by atoms with van der Waals surface area (Å²) in [7, 11) is -2.36. The van der Waals surface area contributed by atoms with E-state index in [1.807, 2.05) is 13.8 Å². The maximum absolute atomic E-state index is 13.5. The number of anilines is 1. The van der Waals surface area contributed by atoms with E-state index in [4.69, 9.17) is 27.9 Å². The minimum atomic E-state index is -3.90. The van der Waals surface area contributed by atoms with Crippen molar-refractivity contribution < 1.29 is 22.7 Å². The summed E-state index contributed by atoms with van der Waals surface area (Å²) in [5.41, 5.74) is 0.835. The van der Waals surface area contributed by atoms with E-state index in [1.54, 1.807) is 31.2 Å². The Hall–Kier alpha value is -2.49. The van der Waals surface area contributed by atoms with Gasteiger partial charge in [-0.1, -0.05) is 49.2 Å². The summed E-state index contributed by atoms with van der Waals surface area (Å²) in [6, 6.07) is 10.5. The van der Waals surface area contributed by atoms with Crippen LogP contribution >= 0.6 is 23.2 Å². The number of hydrogen-bond acceptors (Lipinski definition) is 5. The fraction of sp³-hybridized carbons (Fsp3) is 0.417. The lowest BCUT2D eigenvalue weighted by Gasteiger charge is -2.32. The minimum Gasteiger partial charge on any atom is -0.497 e. The third-order valence-electron chi connectivity index (χ3n) is 5.20. The average Bonchev–Trinajstić information content (AvgIpc) is 2.78. The number of benzene rings is 2. The molecule has 1 N–H and O–H groups in total. The van der Waals surface area contributed by atoms with Gasteiger partial charge in [-0.05, 0) is 48.7 Å². The Labute approximate surface area is 217 Å². The van der Waals surface area contributed by atoms with Gasteiger partial charge in [-0.2, -0.15) is 0 Å². The number of ether oxygens (including phenoxy) is 1. The molecule has 0 spiro atoms. The molecule has 2 rings (SSSR count). The Balaban J connectivity index is 2.41. The molecule has 192 valence electrons. The molecule has 2 aromatic rings. The Morgan fingerprint density at radius 2 is 1.77 bits per heavy atom. The Morgan fingerprint density at radius 3 is 2.34 bits per heavy atom. The molecule has 0 aliphatic rings. The molecule has 11 heteroatoms. The standard InChI is InChI=1S/C24H31Cl2N3O5S/c1-16(2)13-27-24(31)17(3)28(14-18-7-6-8-20(11-18)34-4)23(30)15-29(35(5,32)33)22-10-9-19(25)12-21(22)26/h6-12,16-17H,13-15H2,1-5H3,(H,27,31)/t17-/m1/s1. The molecule has 0 bridgehead atoms. The molecule has 8 nitrogen and oxygen atoms in total. The Kier molecular flexibility index (Phi) is 10.2. The molecule has 0 fully saturated rings. The number of rotatable bonds is 11. The van der Waals surface area contributed by atoms with Crippen molar-refractivity contribution in [3.63, 3.8) is 0 Å². The lowest BCUT2D eigenvalue weighted by molar-refractivity contribution is -0.139. The zero-order valence-electron chi connectivity index (χ0n) is 20.4. The van der Waals surface area contributed by atoms with Gasteiger partial charge in [0.2, 0.25) is 21.8 Å². The highest BCUT2D eigenvalue weighted by Crippen LogP contribution is 2.30. The van der Waals surface area contributed by atoms with Crippen molar-refractivity contribution in [2.45, 2.75) is 33.4 Å². The summed E-state index contributed by atoms with van der Waals surface area (Å²) < 4.78 is 31.4. The van der Waals surface area contributed by atoms with Crippen molar-refractivity contribution in [3.05, 3.63) is 58.1 Å². The van der Waals surface area contributed by atoms with E-state index in [0.717, 1.165) is 16.1 Å². The van der Waals surface area contributed by atoms with Crippen molar-refractivity contribution in [3.8, 4) is 5.75 Å². The molecule has 0 saturated heterocycles. The van der Waals surface area contributed by atoms with Crippen molar-refractivity contribution in [2.24, 2.45) is 5.92 Å². The van der Waals surface area contributed by atoms with E-state index in [2.05, 4.69) is 5.32 Å². The van der Waals surface area contributed by atoms with Crippen LogP contribution in [0.25, 0.3) is 0 Å². The van der Waals surface area contributed by atoms with E-state index in [0.29, 0.717) is 17.3 Å². The number of carbonyl (C=O) groups excluding carboxylic acids is 2. The number of methoxy groups -OCH3 is 1. The number of sulfonamides is 1. The number of hydrogen-bond donors (Lipinski definition) is 1. The van der Waals surface area contributed by atoms with Gasteiger partial charge >= 0.3 is 0 Å². The summed E-state index contributed by atoms with van der Waals surface area (Å²) in [4.78, 5) is 27.7. The van der Waals surface area contributed by atoms with Gasteiger partial charge in [0.15, 0.2) is 0 Å². The third-order valence-corrected chi connectivity index (χ3v) is 6.86. The second-order valence-corrected chi connectivity index (χ2v) is 11.3. The van der Waals surface area contributed by atoms with Crippen LogP contribution in [0.3, 0.4) is 0 Å². The number of nitrogens with zero attached hydrogens (tertiary/aromatic N) is 2. The molecule has 0 heterocycles. The zero-order valence-corrected chi connectivity index (χ0v) is 22.7. The summed E-state index contributed by atoms with van der Waals surface area (Å²) >= 11 is 12.2. The van der Waals surface area contributed by atoms with Crippen LogP contribution in [0.2, 0.25) is 10.0 Å². The van der Waals surface area contributed by atoms with Crippen molar-refractivity contribution >= 4 is 50.7 Å². The predicted molar refractivity (Wildman–Crippen MR) is 140 cm³/mol. The molecule has 2 aromatic carbocycles. The third kappa shape index (κ3) is 8.30. The molecular weight excluding hydrogens is 513 g/mol. The van der Waals surface area contributed by atoms with E-state index < -0.39 is 28.5 Å². The van der Waals surface area contributed by atoms with Crippen LogP contribution in [0.15, 0.2) is 42.5 Å². The molecule has 0 radical (unpaired) electrons. The van der Waals surface area contributed by atoms with Crippen LogP contribution in [0.5, 0.6) is 5.75 Å². The highest BCUT2D eigenvalue weighted by Gasteiger charge is 2.31. The van der Waals surface area contributed by atoms with Gasteiger partial charge in [0.1, 0.15) is 18.3 Å². The quantitative estimate of drug-likeness (QED) is 0.462. The summed E-state index contributed by atoms with van der Waals surface area (Å²) in [6.07, 6.45) is 0.983. The molecule has 0 aromatic heterocycles. The predicted octanol–water partition coefficient (Wildman–Crippen LogP) is 3.96. The normalized spacial score (nSPS) is 12.2. The fourth-order valence-electron chi connectivity index (χ4n) is 3.28.